The Labute approximate surface area is 106 Å². The topological polar surface area (TPSA) is 59.6 Å². The molecular formula is C13H18N2O3. The van der Waals surface area contributed by atoms with Gasteiger partial charge >= 0.3 is 6.03 Å². The van der Waals surface area contributed by atoms with Gasteiger partial charge in [0.25, 0.3) is 0 Å². The number of nitrogens with one attached hydrogen (secondary N) is 2. The Bertz CT molecular complexity index is 428. The van der Waals surface area contributed by atoms with Crippen LogP contribution in [0.2, 0.25) is 0 Å². The lowest BCUT2D eigenvalue weighted by Gasteiger charge is -2.14. The highest BCUT2D eigenvalue weighted by atomic mass is 16.5. The van der Waals surface area contributed by atoms with E-state index in [-0.39, 0.29) is 12.1 Å². The fourth-order valence-electron chi connectivity index (χ4n) is 1.85. The Morgan fingerprint density at radius 1 is 1.50 bits per heavy atom. The Balaban J connectivity index is 1.97. The van der Waals surface area contributed by atoms with Crippen LogP contribution in [0.4, 0.5) is 10.5 Å². The molecule has 0 bridgehead atoms. The van der Waals surface area contributed by atoms with Crippen LogP contribution in [0.3, 0.4) is 0 Å². The highest BCUT2D eigenvalue weighted by Gasteiger charge is 2.17. The fraction of sp³-hybridized carbons (Fsp3) is 0.462. The van der Waals surface area contributed by atoms with Crippen molar-refractivity contribution in [3.63, 3.8) is 0 Å². The van der Waals surface area contributed by atoms with Crippen LogP contribution in [-0.4, -0.2) is 32.4 Å². The van der Waals surface area contributed by atoms with Crippen molar-refractivity contribution in [2.24, 2.45) is 0 Å². The molecule has 1 aliphatic heterocycles. The molecule has 0 aliphatic carbocycles. The van der Waals surface area contributed by atoms with E-state index < -0.39 is 0 Å². The molecule has 1 aromatic rings. The summed E-state index contributed by atoms with van der Waals surface area (Å²) in [6.07, 6.45) is 0.866. The van der Waals surface area contributed by atoms with E-state index in [2.05, 4.69) is 10.6 Å². The number of carbonyl (C=O) groups is 1. The van der Waals surface area contributed by atoms with E-state index in [0.29, 0.717) is 13.2 Å². The molecule has 2 amide bonds. The summed E-state index contributed by atoms with van der Waals surface area (Å²) in [7, 11) is 1.60. The molecule has 1 atom stereocenters. The molecule has 0 aromatic heterocycles. The predicted octanol–water partition coefficient (Wildman–Crippen LogP) is 1.91. The van der Waals surface area contributed by atoms with E-state index in [0.717, 1.165) is 23.4 Å². The summed E-state index contributed by atoms with van der Waals surface area (Å²) >= 11 is 0. The first-order chi connectivity index (χ1) is 8.69. The van der Waals surface area contributed by atoms with E-state index in [1.165, 1.54) is 0 Å². The van der Waals surface area contributed by atoms with Crippen molar-refractivity contribution in [1.29, 1.82) is 0 Å². The van der Waals surface area contributed by atoms with Crippen LogP contribution in [0.15, 0.2) is 18.2 Å². The van der Waals surface area contributed by atoms with Crippen LogP contribution in [0.5, 0.6) is 5.75 Å². The maximum atomic E-state index is 11.8. The second-order valence-electron chi connectivity index (χ2n) is 4.34. The van der Waals surface area contributed by atoms with Crippen molar-refractivity contribution >= 4 is 11.7 Å². The first-order valence-corrected chi connectivity index (χ1v) is 5.99. The highest BCUT2D eigenvalue weighted by Crippen LogP contribution is 2.21. The SMILES string of the molecule is COc1ccc(C)c(NC(=O)N[C@@H]2CCOC2)c1. The number of anilines is 1. The molecule has 1 aromatic carbocycles. The molecule has 1 aliphatic rings. The normalized spacial score (nSPS) is 18.4. The third-order valence-electron chi connectivity index (χ3n) is 2.96. The molecule has 0 radical (unpaired) electrons. The van der Waals surface area contributed by atoms with Gasteiger partial charge in [0.2, 0.25) is 0 Å². The van der Waals surface area contributed by atoms with Crippen LogP contribution < -0.4 is 15.4 Å². The molecule has 2 N–H and O–H groups in total. The van der Waals surface area contributed by atoms with Crippen LogP contribution >= 0.6 is 0 Å². The summed E-state index contributed by atoms with van der Waals surface area (Å²) in [4.78, 5) is 11.8. The predicted molar refractivity (Wildman–Crippen MR) is 69.1 cm³/mol. The largest absolute Gasteiger partial charge is 0.497 e. The average Bonchev–Trinajstić information content (AvgIpc) is 2.84. The smallest absolute Gasteiger partial charge is 0.319 e. The molecule has 5 heteroatoms. The summed E-state index contributed by atoms with van der Waals surface area (Å²) in [5.74, 6) is 0.722. The van der Waals surface area contributed by atoms with Gasteiger partial charge < -0.3 is 20.1 Å². The number of rotatable bonds is 3. The van der Waals surface area contributed by atoms with Crippen molar-refractivity contribution in [3.05, 3.63) is 23.8 Å². The molecule has 98 valence electrons. The minimum absolute atomic E-state index is 0.107. The minimum atomic E-state index is -0.207. The molecule has 0 saturated carbocycles. The van der Waals surface area contributed by atoms with Crippen LogP contribution in [0.25, 0.3) is 0 Å². The summed E-state index contributed by atoms with van der Waals surface area (Å²) in [5, 5.41) is 5.70. The molecule has 0 unspecified atom stereocenters. The van der Waals surface area contributed by atoms with Gasteiger partial charge in [0.05, 0.1) is 19.8 Å². The molecule has 1 heterocycles. The van der Waals surface area contributed by atoms with Crippen LogP contribution in [-0.2, 0) is 4.74 Å². The zero-order chi connectivity index (χ0) is 13.0. The summed E-state index contributed by atoms with van der Waals surface area (Å²) in [6, 6.07) is 5.48. The third-order valence-corrected chi connectivity index (χ3v) is 2.96. The second kappa shape index (κ2) is 5.73. The van der Waals surface area contributed by atoms with Crippen LogP contribution in [0, 0.1) is 6.92 Å². The number of aryl methyl sites for hydroxylation is 1. The summed E-state index contributed by atoms with van der Waals surface area (Å²) < 4.78 is 10.3. The molecule has 1 saturated heterocycles. The zero-order valence-electron chi connectivity index (χ0n) is 10.7. The van der Waals surface area contributed by atoms with Crippen molar-refractivity contribution in [3.8, 4) is 5.75 Å². The molecule has 2 rings (SSSR count). The highest BCUT2D eigenvalue weighted by molar-refractivity contribution is 5.90. The maximum absolute atomic E-state index is 11.8. The van der Waals surface area contributed by atoms with Gasteiger partial charge in [-0.15, -0.1) is 0 Å². The molecule has 1 fully saturated rings. The number of hydrogen-bond acceptors (Lipinski definition) is 3. The number of carbonyl (C=O) groups excluding carboxylic acids is 1. The fourth-order valence-corrected chi connectivity index (χ4v) is 1.85. The number of benzene rings is 1. The monoisotopic (exact) mass is 250 g/mol. The average molecular weight is 250 g/mol. The van der Waals surface area contributed by atoms with Gasteiger partial charge in [0.15, 0.2) is 0 Å². The Kier molecular flexibility index (Phi) is 4.04. The van der Waals surface area contributed by atoms with Gasteiger partial charge in [-0.2, -0.15) is 0 Å². The minimum Gasteiger partial charge on any atom is -0.497 e. The van der Waals surface area contributed by atoms with Gasteiger partial charge in [0.1, 0.15) is 5.75 Å². The van der Waals surface area contributed by atoms with Gasteiger partial charge in [-0.25, -0.2) is 4.79 Å². The van der Waals surface area contributed by atoms with Crippen molar-refractivity contribution in [2.75, 3.05) is 25.6 Å². The van der Waals surface area contributed by atoms with Gasteiger partial charge in [-0.1, -0.05) is 6.07 Å². The Hall–Kier alpha value is -1.75. The lowest BCUT2D eigenvalue weighted by molar-refractivity contribution is 0.189. The first-order valence-electron chi connectivity index (χ1n) is 5.99. The number of amides is 2. The molecule has 0 spiro atoms. The number of urea groups is 1. The van der Waals surface area contributed by atoms with Gasteiger partial charge in [0, 0.05) is 18.4 Å². The zero-order valence-corrected chi connectivity index (χ0v) is 10.7. The summed E-state index contributed by atoms with van der Waals surface area (Å²) in [5.41, 5.74) is 1.75. The van der Waals surface area contributed by atoms with Crippen LogP contribution in [0.1, 0.15) is 12.0 Å². The number of methoxy groups -OCH3 is 1. The summed E-state index contributed by atoms with van der Waals surface area (Å²) in [6.45, 7) is 3.24. The number of hydrogen-bond donors (Lipinski definition) is 2. The number of ether oxygens (including phenoxy) is 2. The van der Waals surface area contributed by atoms with E-state index >= 15 is 0 Å². The van der Waals surface area contributed by atoms with Crippen molar-refractivity contribution < 1.29 is 14.3 Å². The first kappa shape index (κ1) is 12.7. The van der Waals surface area contributed by atoms with E-state index in [1.54, 1.807) is 13.2 Å². The lowest BCUT2D eigenvalue weighted by atomic mass is 10.2. The Morgan fingerprint density at radius 3 is 3.00 bits per heavy atom. The quantitative estimate of drug-likeness (QED) is 0.861. The maximum Gasteiger partial charge on any atom is 0.319 e. The molecule has 5 nitrogen and oxygen atoms in total. The third kappa shape index (κ3) is 3.13. The van der Waals surface area contributed by atoms with Gasteiger partial charge in [-0.3, -0.25) is 0 Å². The molecular weight excluding hydrogens is 232 g/mol. The van der Waals surface area contributed by atoms with Gasteiger partial charge in [-0.05, 0) is 25.0 Å². The Morgan fingerprint density at radius 2 is 2.33 bits per heavy atom. The van der Waals surface area contributed by atoms with E-state index in [4.69, 9.17) is 9.47 Å². The second-order valence-corrected chi connectivity index (χ2v) is 4.34. The standard InChI is InChI=1S/C13H18N2O3/c1-9-3-4-11(17-2)7-12(9)15-13(16)14-10-5-6-18-8-10/h3-4,7,10H,5-6,8H2,1-2H3,(H2,14,15,16)/t10-/m1/s1. The van der Waals surface area contributed by atoms with E-state index in [1.807, 2.05) is 19.1 Å². The molecule has 18 heavy (non-hydrogen) atoms. The van der Waals surface area contributed by atoms with Crippen molar-refractivity contribution in [1.82, 2.24) is 5.32 Å². The van der Waals surface area contributed by atoms with E-state index in [9.17, 15) is 4.79 Å². The van der Waals surface area contributed by atoms with Crippen molar-refractivity contribution in [2.45, 2.75) is 19.4 Å². The lowest BCUT2D eigenvalue weighted by Crippen LogP contribution is -2.38.